The molecule has 0 aliphatic carbocycles. The van der Waals surface area contributed by atoms with E-state index in [4.69, 9.17) is 0 Å². The largest absolute Gasteiger partial charge is 0.344 e. The zero-order valence-corrected chi connectivity index (χ0v) is 9.82. The third-order valence-corrected chi connectivity index (χ3v) is 2.53. The number of hydrogen-bond donors (Lipinski definition) is 3. The van der Waals surface area contributed by atoms with Crippen molar-refractivity contribution >= 4 is 5.91 Å². The average Bonchev–Trinajstić information content (AvgIpc) is 2.96. The Bertz CT molecular complexity index is 488. The standard InChI is InChI=1S/C11H15N5O/c1-3-9(10-12-4-7(2)15-10)16-11(17)8-5-13-14-6-8/h4-6,9H,3H2,1-2H3,(H,12,15)(H,13,14)(H,16,17)/t9-/m1/s1. The molecule has 0 saturated heterocycles. The lowest BCUT2D eigenvalue weighted by Crippen LogP contribution is -2.28. The van der Waals surface area contributed by atoms with Crippen molar-refractivity contribution in [3.05, 3.63) is 35.7 Å². The molecule has 0 spiro atoms. The summed E-state index contributed by atoms with van der Waals surface area (Å²) in [4.78, 5) is 19.2. The smallest absolute Gasteiger partial charge is 0.255 e. The van der Waals surface area contributed by atoms with Crippen LogP contribution in [-0.4, -0.2) is 26.1 Å². The minimum atomic E-state index is -0.153. The molecule has 1 atom stereocenters. The Labute approximate surface area is 98.9 Å². The van der Waals surface area contributed by atoms with Gasteiger partial charge in [0.2, 0.25) is 0 Å². The monoisotopic (exact) mass is 233 g/mol. The van der Waals surface area contributed by atoms with Crippen LogP contribution in [0.5, 0.6) is 0 Å². The van der Waals surface area contributed by atoms with Gasteiger partial charge in [-0.25, -0.2) is 4.98 Å². The van der Waals surface area contributed by atoms with Crippen LogP contribution in [0.25, 0.3) is 0 Å². The number of carbonyl (C=O) groups excluding carboxylic acids is 1. The first-order chi connectivity index (χ1) is 8.20. The normalized spacial score (nSPS) is 12.4. The van der Waals surface area contributed by atoms with Gasteiger partial charge in [0.15, 0.2) is 0 Å². The van der Waals surface area contributed by atoms with Gasteiger partial charge in [0.05, 0.1) is 17.8 Å². The van der Waals surface area contributed by atoms with Gasteiger partial charge in [0.1, 0.15) is 5.82 Å². The second-order valence-electron chi connectivity index (χ2n) is 3.87. The van der Waals surface area contributed by atoms with E-state index in [1.807, 2.05) is 13.8 Å². The van der Waals surface area contributed by atoms with E-state index in [2.05, 4.69) is 25.5 Å². The maximum Gasteiger partial charge on any atom is 0.255 e. The van der Waals surface area contributed by atoms with E-state index in [9.17, 15) is 4.79 Å². The van der Waals surface area contributed by atoms with E-state index in [1.54, 1.807) is 12.4 Å². The first-order valence-electron chi connectivity index (χ1n) is 5.52. The fraction of sp³-hybridized carbons (Fsp3) is 0.364. The lowest BCUT2D eigenvalue weighted by molar-refractivity contribution is 0.0934. The van der Waals surface area contributed by atoms with Gasteiger partial charge in [0.25, 0.3) is 5.91 Å². The molecule has 0 aromatic carbocycles. The van der Waals surface area contributed by atoms with Gasteiger partial charge in [-0.2, -0.15) is 5.10 Å². The van der Waals surface area contributed by atoms with E-state index in [-0.39, 0.29) is 11.9 Å². The summed E-state index contributed by atoms with van der Waals surface area (Å²) in [5.74, 6) is 0.626. The third kappa shape index (κ3) is 2.52. The van der Waals surface area contributed by atoms with E-state index < -0.39 is 0 Å². The molecule has 0 aliphatic rings. The number of nitrogens with zero attached hydrogens (tertiary/aromatic N) is 2. The summed E-state index contributed by atoms with van der Waals surface area (Å²) < 4.78 is 0. The summed E-state index contributed by atoms with van der Waals surface area (Å²) >= 11 is 0. The first-order valence-corrected chi connectivity index (χ1v) is 5.52. The number of aryl methyl sites for hydroxylation is 1. The van der Waals surface area contributed by atoms with Crippen molar-refractivity contribution in [2.75, 3.05) is 0 Å². The third-order valence-electron chi connectivity index (χ3n) is 2.53. The minimum absolute atomic E-state index is 0.105. The summed E-state index contributed by atoms with van der Waals surface area (Å²) in [5.41, 5.74) is 1.50. The Balaban J connectivity index is 2.08. The summed E-state index contributed by atoms with van der Waals surface area (Å²) in [7, 11) is 0. The maximum absolute atomic E-state index is 11.8. The molecule has 0 saturated carbocycles. The molecular weight excluding hydrogens is 218 g/mol. The molecule has 2 aromatic rings. The van der Waals surface area contributed by atoms with Crippen LogP contribution in [-0.2, 0) is 0 Å². The molecule has 1 amide bonds. The van der Waals surface area contributed by atoms with Crippen LogP contribution in [0.3, 0.4) is 0 Å². The molecule has 0 unspecified atom stereocenters. The molecule has 3 N–H and O–H groups in total. The Kier molecular flexibility index (Phi) is 3.22. The van der Waals surface area contributed by atoms with Gasteiger partial charge in [-0.05, 0) is 13.3 Å². The van der Waals surface area contributed by atoms with Crippen molar-refractivity contribution in [2.45, 2.75) is 26.3 Å². The summed E-state index contributed by atoms with van der Waals surface area (Å²) in [6.07, 6.45) is 5.59. The van der Waals surface area contributed by atoms with Crippen molar-refractivity contribution in [2.24, 2.45) is 0 Å². The number of carbonyl (C=O) groups is 1. The van der Waals surface area contributed by atoms with Gasteiger partial charge >= 0.3 is 0 Å². The fourth-order valence-electron chi connectivity index (χ4n) is 1.59. The number of hydrogen-bond acceptors (Lipinski definition) is 3. The fourth-order valence-corrected chi connectivity index (χ4v) is 1.59. The SMILES string of the molecule is CC[C@@H](NC(=O)c1cn[nH]c1)c1ncc(C)[nH]1. The van der Waals surface area contributed by atoms with Crippen LogP contribution >= 0.6 is 0 Å². The highest BCUT2D eigenvalue weighted by Crippen LogP contribution is 2.13. The zero-order chi connectivity index (χ0) is 12.3. The highest BCUT2D eigenvalue weighted by atomic mass is 16.1. The Morgan fingerprint density at radius 3 is 2.88 bits per heavy atom. The summed E-state index contributed by atoms with van der Waals surface area (Å²) in [6.45, 7) is 3.93. The number of amides is 1. The van der Waals surface area contributed by atoms with Crippen molar-refractivity contribution < 1.29 is 4.79 Å². The molecule has 2 heterocycles. The lowest BCUT2D eigenvalue weighted by atomic mass is 10.2. The molecule has 0 bridgehead atoms. The van der Waals surface area contributed by atoms with Crippen LogP contribution < -0.4 is 5.32 Å². The molecule has 0 fully saturated rings. The van der Waals surface area contributed by atoms with Crippen molar-refractivity contribution in [3.63, 3.8) is 0 Å². The predicted octanol–water partition coefficient (Wildman–Crippen LogP) is 1.32. The number of aromatic nitrogens is 4. The number of imidazole rings is 1. The van der Waals surface area contributed by atoms with Gasteiger partial charge in [-0.3, -0.25) is 9.89 Å². The molecule has 2 aromatic heterocycles. The zero-order valence-electron chi connectivity index (χ0n) is 9.82. The molecule has 17 heavy (non-hydrogen) atoms. The van der Waals surface area contributed by atoms with Crippen LogP contribution in [0.4, 0.5) is 0 Å². The molecule has 90 valence electrons. The summed E-state index contributed by atoms with van der Waals surface area (Å²) in [6, 6.07) is -0.105. The topological polar surface area (TPSA) is 86.5 Å². The van der Waals surface area contributed by atoms with Crippen LogP contribution in [0.15, 0.2) is 18.6 Å². The Morgan fingerprint density at radius 1 is 1.53 bits per heavy atom. The van der Waals surface area contributed by atoms with Gasteiger partial charge in [0, 0.05) is 18.1 Å². The molecule has 6 nitrogen and oxygen atoms in total. The minimum Gasteiger partial charge on any atom is -0.344 e. The van der Waals surface area contributed by atoms with E-state index in [0.29, 0.717) is 5.56 Å². The molecule has 0 radical (unpaired) electrons. The average molecular weight is 233 g/mol. The van der Waals surface area contributed by atoms with Gasteiger partial charge in [-0.1, -0.05) is 6.92 Å². The van der Waals surface area contributed by atoms with E-state index in [1.165, 1.54) is 6.20 Å². The highest BCUT2D eigenvalue weighted by molar-refractivity contribution is 5.93. The van der Waals surface area contributed by atoms with Gasteiger partial charge < -0.3 is 10.3 Å². The maximum atomic E-state index is 11.8. The van der Waals surface area contributed by atoms with Crippen LogP contribution in [0, 0.1) is 6.92 Å². The van der Waals surface area contributed by atoms with Crippen molar-refractivity contribution in [1.82, 2.24) is 25.5 Å². The number of rotatable bonds is 4. The van der Waals surface area contributed by atoms with Crippen LogP contribution in [0.1, 0.15) is 41.3 Å². The number of H-pyrrole nitrogens is 2. The van der Waals surface area contributed by atoms with E-state index >= 15 is 0 Å². The number of aromatic amines is 2. The van der Waals surface area contributed by atoms with Crippen molar-refractivity contribution in [3.8, 4) is 0 Å². The second kappa shape index (κ2) is 4.82. The highest BCUT2D eigenvalue weighted by Gasteiger charge is 2.16. The van der Waals surface area contributed by atoms with E-state index in [0.717, 1.165) is 17.9 Å². The molecule has 2 rings (SSSR count). The molecule has 0 aliphatic heterocycles. The predicted molar refractivity (Wildman–Crippen MR) is 62.4 cm³/mol. The Morgan fingerprint density at radius 2 is 2.35 bits per heavy atom. The Hall–Kier alpha value is -2.11. The number of nitrogens with one attached hydrogen (secondary N) is 3. The van der Waals surface area contributed by atoms with Crippen molar-refractivity contribution in [1.29, 1.82) is 0 Å². The second-order valence-corrected chi connectivity index (χ2v) is 3.87. The molecular formula is C11H15N5O. The van der Waals surface area contributed by atoms with Crippen LogP contribution in [0.2, 0.25) is 0 Å². The lowest BCUT2D eigenvalue weighted by Gasteiger charge is -2.13. The molecule has 6 heteroatoms. The first kappa shape index (κ1) is 11.4. The summed E-state index contributed by atoms with van der Waals surface area (Å²) in [5, 5.41) is 9.26. The van der Waals surface area contributed by atoms with Gasteiger partial charge in [-0.15, -0.1) is 0 Å². The quantitative estimate of drug-likeness (QED) is 0.744.